The molecular weight excluding hydrogens is 182 g/mol. The van der Waals surface area contributed by atoms with E-state index < -0.39 is 0 Å². The van der Waals surface area contributed by atoms with Gasteiger partial charge >= 0.3 is 0 Å². The minimum atomic E-state index is 0.0765. The summed E-state index contributed by atoms with van der Waals surface area (Å²) in [6.45, 7) is 4.32. The fraction of sp³-hybridized carbons (Fsp3) is 0.364. The fourth-order valence-corrected chi connectivity index (χ4v) is 2.02. The maximum atomic E-state index is 5.90. The van der Waals surface area contributed by atoms with Crippen molar-refractivity contribution in [2.75, 3.05) is 0 Å². The molecule has 0 radical (unpaired) electrons. The van der Waals surface area contributed by atoms with Gasteiger partial charge in [0.05, 0.1) is 5.70 Å². The maximum absolute atomic E-state index is 5.90. The van der Waals surface area contributed by atoms with Crippen LogP contribution in [0.15, 0.2) is 40.6 Å². The molecule has 0 amide bonds. The molecule has 2 aliphatic rings. The van der Waals surface area contributed by atoms with E-state index >= 15 is 0 Å². The first-order valence-corrected chi connectivity index (χ1v) is 4.81. The molecule has 2 rings (SSSR count). The number of hydrogen-bond acceptors (Lipinski definition) is 1. The van der Waals surface area contributed by atoms with Crippen LogP contribution in [0.4, 0.5) is 0 Å². The number of nitrogens with zero attached hydrogens (tertiary/aromatic N) is 1. The van der Waals surface area contributed by atoms with Crippen LogP contribution in [0.3, 0.4) is 0 Å². The van der Waals surface area contributed by atoms with Crippen molar-refractivity contribution in [3.63, 3.8) is 0 Å². The summed E-state index contributed by atoms with van der Waals surface area (Å²) >= 11 is 5.90. The van der Waals surface area contributed by atoms with Gasteiger partial charge in [-0.2, -0.15) is 0 Å². The molecule has 0 saturated heterocycles. The van der Waals surface area contributed by atoms with Gasteiger partial charge in [0.1, 0.15) is 5.17 Å². The highest BCUT2D eigenvalue weighted by atomic mass is 35.5. The van der Waals surface area contributed by atoms with Crippen molar-refractivity contribution in [3.8, 4) is 0 Å². The second kappa shape index (κ2) is 2.85. The van der Waals surface area contributed by atoms with Gasteiger partial charge in [-0.3, -0.25) is 0 Å². The number of aliphatic imine (C=N–C) groups is 1. The van der Waals surface area contributed by atoms with Crippen LogP contribution in [0.5, 0.6) is 0 Å². The van der Waals surface area contributed by atoms with Crippen molar-refractivity contribution in [3.05, 3.63) is 35.6 Å². The Morgan fingerprint density at radius 2 is 2.31 bits per heavy atom. The first-order valence-electron chi connectivity index (χ1n) is 4.43. The van der Waals surface area contributed by atoms with Crippen LogP contribution in [-0.4, -0.2) is 5.17 Å². The number of hydrogen-bond donors (Lipinski definition) is 0. The first kappa shape index (κ1) is 8.76. The van der Waals surface area contributed by atoms with Crippen LogP contribution >= 0.6 is 11.6 Å². The quantitative estimate of drug-likeness (QED) is 0.559. The summed E-state index contributed by atoms with van der Waals surface area (Å²) in [7, 11) is 0. The lowest BCUT2D eigenvalue weighted by atomic mass is 9.74. The molecule has 1 aliphatic heterocycles. The third-order valence-electron chi connectivity index (χ3n) is 2.91. The second-order valence-corrected chi connectivity index (χ2v) is 4.17. The van der Waals surface area contributed by atoms with Gasteiger partial charge in [0.2, 0.25) is 0 Å². The average Bonchev–Trinajstić information content (AvgIpc) is 2.07. The normalized spacial score (nSPS) is 31.8. The van der Waals surface area contributed by atoms with E-state index in [4.69, 9.17) is 11.6 Å². The first-order chi connectivity index (χ1) is 6.13. The molecule has 1 heterocycles. The molecule has 0 N–H and O–H groups in total. The summed E-state index contributed by atoms with van der Waals surface area (Å²) in [4.78, 5) is 4.34. The zero-order valence-electron chi connectivity index (χ0n) is 7.84. The lowest BCUT2D eigenvalue weighted by molar-refractivity contribution is 0.473. The monoisotopic (exact) mass is 193 g/mol. The molecule has 1 nitrogen and oxygen atoms in total. The van der Waals surface area contributed by atoms with Crippen molar-refractivity contribution >= 4 is 16.8 Å². The van der Waals surface area contributed by atoms with Crippen molar-refractivity contribution in [1.29, 1.82) is 0 Å². The lowest BCUT2D eigenvalue weighted by Gasteiger charge is -2.34. The molecule has 0 bridgehead atoms. The van der Waals surface area contributed by atoms with E-state index in [0.717, 1.165) is 12.1 Å². The molecular formula is C11H12ClN. The Morgan fingerprint density at radius 1 is 1.54 bits per heavy atom. The Balaban J connectivity index is 2.53. The Morgan fingerprint density at radius 3 is 3.08 bits per heavy atom. The molecule has 0 aromatic carbocycles. The minimum Gasteiger partial charge on any atom is -0.240 e. The molecule has 1 atom stereocenters. The summed E-state index contributed by atoms with van der Waals surface area (Å²) in [6, 6.07) is 0. The minimum absolute atomic E-state index is 0.0765. The average molecular weight is 194 g/mol. The van der Waals surface area contributed by atoms with E-state index in [1.807, 2.05) is 18.2 Å². The Hall–Kier alpha value is -0.820. The number of fused-ring (bicyclic) bond motifs is 1. The number of halogens is 1. The van der Waals surface area contributed by atoms with Crippen LogP contribution in [0.25, 0.3) is 0 Å². The van der Waals surface area contributed by atoms with E-state index in [2.05, 4.69) is 24.9 Å². The number of dihydropyridines is 1. The molecule has 1 aliphatic carbocycles. The van der Waals surface area contributed by atoms with Gasteiger partial charge < -0.3 is 0 Å². The van der Waals surface area contributed by atoms with Gasteiger partial charge in [-0.1, -0.05) is 29.3 Å². The van der Waals surface area contributed by atoms with Gasteiger partial charge in [-0.15, -0.1) is 0 Å². The predicted molar refractivity (Wildman–Crippen MR) is 57.0 cm³/mol. The van der Waals surface area contributed by atoms with E-state index in [0.29, 0.717) is 5.17 Å². The smallest absolute Gasteiger partial charge is 0.129 e. The molecule has 2 heteroatoms. The molecule has 0 aromatic rings. The van der Waals surface area contributed by atoms with Crippen LogP contribution in [-0.2, 0) is 0 Å². The summed E-state index contributed by atoms with van der Waals surface area (Å²) in [5.41, 5.74) is 2.45. The molecule has 13 heavy (non-hydrogen) atoms. The maximum Gasteiger partial charge on any atom is 0.129 e. The van der Waals surface area contributed by atoms with E-state index in [1.165, 1.54) is 5.57 Å². The molecule has 0 aromatic heterocycles. The van der Waals surface area contributed by atoms with Crippen LogP contribution in [0, 0.1) is 5.41 Å². The molecule has 0 saturated carbocycles. The fourth-order valence-electron chi connectivity index (χ4n) is 1.76. The molecule has 0 fully saturated rings. The summed E-state index contributed by atoms with van der Waals surface area (Å²) in [5, 5.41) is 0.594. The summed E-state index contributed by atoms with van der Waals surface area (Å²) < 4.78 is 0. The molecule has 68 valence electrons. The van der Waals surface area contributed by atoms with Gasteiger partial charge in [-0.05, 0) is 32.4 Å². The van der Waals surface area contributed by atoms with Crippen molar-refractivity contribution < 1.29 is 0 Å². The highest BCUT2D eigenvalue weighted by molar-refractivity contribution is 6.68. The summed E-state index contributed by atoms with van der Waals surface area (Å²) in [6.07, 6.45) is 9.24. The van der Waals surface area contributed by atoms with Crippen LogP contribution < -0.4 is 0 Å². The zero-order valence-corrected chi connectivity index (χ0v) is 8.60. The Labute approximate surface area is 83.5 Å². The topological polar surface area (TPSA) is 12.4 Å². The zero-order chi connectivity index (χ0) is 9.47. The predicted octanol–water partition coefficient (Wildman–Crippen LogP) is 3.43. The van der Waals surface area contributed by atoms with E-state index in [9.17, 15) is 0 Å². The second-order valence-electron chi connectivity index (χ2n) is 3.78. The van der Waals surface area contributed by atoms with Gasteiger partial charge in [0.25, 0.3) is 0 Å². The highest BCUT2D eigenvalue weighted by Gasteiger charge is 2.33. The van der Waals surface area contributed by atoms with Crippen LogP contribution in [0.2, 0.25) is 0 Å². The highest BCUT2D eigenvalue weighted by Crippen LogP contribution is 2.44. The van der Waals surface area contributed by atoms with Gasteiger partial charge in [-0.25, -0.2) is 4.99 Å². The number of rotatable bonds is 0. The molecule has 0 spiro atoms. The van der Waals surface area contributed by atoms with E-state index in [-0.39, 0.29) is 5.41 Å². The van der Waals surface area contributed by atoms with Crippen molar-refractivity contribution in [2.24, 2.45) is 10.4 Å². The largest absolute Gasteiger partial charge is 0.240 e. The van der Waals surface area contributed by atoms with Gasteiger partial charge in [0, 0.05) is 5.41 Å². The van der Waals surface area contributed by atoms with Gasteiger partial charge in [0.15, 0.2) is 0 Å². The molecule has 0 unspecified atom stereocenters. The van der Waals surface area contributed by atoms with E-state index in [1.54, 1.807) is 0 Å². The standard InChI is InChI=1S/C11H12ClN/c1-8-7-10(12)13-9-5-3-4-6-11(8,9)2/h3-5,7H,6H2,1-2H3/t11-/m1/s1. The lowest BCUT2D eigenvalue weighted by Crippen LogP contribution is -2.24. The Bertz CT molecular complexity index is 360. The van der Waals surface area contributed by atoms with Crippen molar-refractivity contribution in [1.82, 2.24) is 0 Å². The third-order valence-corrected chi connectivity index (χ3v) is 3.11. The van der Waals surface area contributed by atoms with Crippen LogP contribution in [0.1, 0.15) is 20.3 Å². The SMILES string of the molecule is CC1=CC(Cl)=NC2=CC=CC[C@]12C. The number of allylic oxidation sites excluding steroid dienone is 5. The van der Waals surface area contributed by atoms with Crippen molar-refractivity contribution in [2.45, 2.75) is 20.3 Å². The Kier molecular flexibility index (Phi) is 1.92. The summed E-state index contributed by atoms with van der Waals surface area (Å²) in [5.74, 6) is 0. The third kappa shape index (κ3) is 1.28.